The summed E-state index contributed by atoms with van der Waals surface area (Å²) in [6, 6.07) is -1.16. The predicted octanol–water partition coefficient (Wildman–Crippen LogP) is 1.22. The predicted molar refractivity (Wildman–Crippen MR) is 42.5 cm³/mol. The molecule has 0 heterocycles. The average Bonchev–Trinajstić information content (AvgIpc) is 2.82. The Morgan fingerprint density at radius 1 is 1.62 bits per heavy atom. The molecule has 0 spiro atoms. The standard InChI is InChI=1S/C8H13F2NO2/c9-8(10,4-3-6(12)13)7(11)5-1-2-5/h5,7H,1-4,11H2,(H,12,13). The number of carbonyl (C=O) groups is 1. The van der Waals surface area contributed by atoms with E-state index in [2.05, 4.69) is 0 Å². The van der Waals surface area contributed by atoms with E-state index < -0.39 is 30.8 Å². The molecular weight excluding hydrogens is 180 g/mol. The molecule has 76 valence electrons. The quantitative estimate of drug-likeness (QED) is 0.690. The largest absolute Gasteiger partial charge is 0.481 e. The molecule has 0 bridgehead atoms. The van der Waals surface area contributed by atoms with Crippen LogP contribution in [0.15, 0.2) is 0 Å². The molecule has 1 aliphatic rings. The summed E-state index contributed by atoms with van der Waals surface area (Å²) in [7, 11) is 0. The molecule has 0 aromatic rings. The maximum Gasteiger partial charge on any atom is 0.303 e. The van der Waals surface area contributed by atoms with Crippen LogP contribution in [0.4, 0.5) is 8.78 Å². The molecule has 3 N–H and O–H groups in total. The number of hydrogen-bond acceptors (Lipinski definition) is 2. The molecule has 0 aromatic heterocycles. The third-order valence-corrected chi connectivity index (χ3v) is 2.29. The molecular formula is C8H13F2NO2. The Labute approximate surface area is 74.9 Å². The summed E-state index contributed by atoms with van der Waals surface area (Å²) < 4.78 is 26.2. The molecule has 13 heavy (non-hydrogen) atoms. The number of nitrogens with two attached hydrogens (primary N) is 1. The second-order valence-electron chi connectivity index (χ2n) is 3.52. The minimum atomic E-state index is -3.03. The summed E-state index contributed by atoms with van der Waals surface area (Å²) in [4.78, 5) is 10.1. The first-order valence-electron chi connectivity index (χ1n) is 4.28. The van der Waals surface area contributed by atoms with Gasteiger partial charge >= 0.3 is 5.97 Å². The van der Waals surface area contributed by atoms with Crippen molar-refractivity contribution in [3.05, 3.63) is 0 Å². The number of hydrogen-bond donors (Lipinski definition) is 2. The molecule has 1 fully saturated rings. The van der Waals surface area contributed by atoms with Crippen molar-refractivity contribution < 1.29 is 18.7 Å². The van der Waals surface area contributed by atoms with E-state index in [9.17, 15) is 13.6 Å². The first kappa shape index (κ1) is 10.4. The number of carboxylic acid groups (broad SMARTS) is 1. The molecule has 1 rings (SSSR count). The number of aliphatic carboxylic acids is 1. The van der Waals surface area contributed by atoms with Gasteiger partial charge in [0.1, 0.15) is 0 Å². The van der Waals surface area contributed by atoms with Crippen molar-refractivity contribution >= 4 is 5.97 Å². The monoisotopic (exact) mass is 193 g/mol. The van der Waals surface area contributed by atoms with Crippen molar-refractivity contribution in [2.45, 2.75) is 37.6 Å². The minimum Gasteiger partial charge on any atom is -0.481 e. The molecule has 0 saturated heterocycles. The van der Waals surface area contributed by atoms with Crippen LogP contribution in [0.3, 0.4) is 0 Å². The summed E-state index contributed by atoms with van der Waals surface area (Å²) >= 11 is 0. The summed E-state index contributed by atoms with van der Waals surface area (Å²) in [5.74, 6) is -4.34. The SMILES string of the molecule is NC(C1CC1)C(F)(F)CCC(=O)O. The van der Waals surface area contributed by atoms with E-state index in [0.29, 0.717) is 0 Å². The van der Waals surface area contributed by atoms with Gasteiger partial charge in [-0.1, -0.05) is 0 Å². The third kappa shape index (κ3) is 2.91. The molecule has 0 amide bonds. The van der Waals surface area contributed by atoms with Gasteiger partial charge in [-0.25, -0.2) is 8.78 Å². The Hall–Kier alpha value is -0.710. The van der Waals surface area contributed by atoms with Gasteiger partial charge in [-0.05, 0) is 18.8 Å². The van der Waals surface area contributed by atoms with Gasteiger partial charge in [-0.15, -0.1) is 0 Å². The smallest absolute Gasteiger partial charge is 0.303 e. The highest BCUT2D eigenvalue weighted by Crippen LogP contribution is 2.39. The number of rotatable bonds is 5. The van der Waals surface area contributed by atoms with Crippen LogP contribution in [-0.4, -0.2) is 23.0 Å². The van der Waals surface area contributed by atoms with E-state index in [1.165, 1.54) is 0 Å². The highest BCUT2D eigenvalue weighted by molar-refractivity contribution is 5.66. The molecule has 0 aliphatic heterocycles. The van der Waals surface area contributed by atoms with Crippen LogP contribution in [0.2, 0.25) is 0 Å². The van der Waals surface area contributed by atoms with E-state index in [-0.39, 0.29) is 5.92 Å². The summed E-state index contributed by atoms with van der Waals surface area (Å²) in [5.41, 5.74) is 5.30. The lowest BCUT2D eigenvalue weighted by atomic mass is 10.0. The molecule has 1 saturated carbocycles. The van der Waals surface area contributed by atoms with Gasteiger partial charge in [-0.3, -0.25) is 4.79 Å². The van der Waals surface area contributed by atoms with E-state index >= 15 is 0 Å². The zero-order valence-electron chi connectivity index (χ0n) is 7.17. The number of carboxylic acids is 1. The Kier molecular flexibility index (Phi) is 2.85. The zero-order valence-corrected chi connectivity index (χ0v) is 7.17. The average molecular weight is 193 g/mol. The fourth-order valence-corrected chi connectivity index (χ4v) is 1.24. The Morgan fingerprint density at radius 2 is 2.15 bits per heavy atom. The first-order valence-corrected chi connectivity index (χ1v) is 4.28. The van der Waals surface area contributed by atoms with Gasteiger partial charge in [0.25, 0.3) is 5.92 Å². The topological polar surface area (TPSA) is 63.3 Å². The van der Waals surface area contributed by atoms with Crippen LogP contribution < -0.4 is 5.73 Å². The zero-order chi connectivity index (χ0) is 10.1. The summed E-state index contributed by atoms with van der Waals surface area (Å²) in [5, 5.41) is 8.24. The molecule has 5 heteroatoms. The summed E-state index contributed by atoms with van der Waals surface area (Å²) in [6.45, 7) is 0. The van der Waals surface area contributed by atoms with Gasteiger partial charge in [0.15, 0.2) is 0 Å². The lowest BCUT2D eigenvalue weighted by Crippen LogP contribution is -2.42. The van der Waals surface area contributed by atoms with E-state index in [4.69, 9.17) is 10.8 Å². The van der Waals surface area contributed by atoms with Crippen LogP contribution in [0.1, 0.15) is 25.7 Å². The first-order chi connectivity index (χ1) is 5.93. The Morgan fingerprint density at radius 3 is 2.54 bits per heavy atom. The van der Waals surface area contributed by atoms with Crippen LogP contribution >= 0.6 is 0 Å². The maximum atomic E-state index is 13.1. The number of alkyl halides is 2. The molecule has 1 atom stereocenters. The highest BCUT2D eigenvalue weighted by Gasteiger charge is 2.45. The van der Waals surface area contributed by atoms with E-state index in [1.807, 2.05) is 0 Å². The Balaban J connectivity index is 2.38. The Bertz CT molecular complexity index is 204. The molecule has 1 unspecified atom stereocenters. The van der Waals surface area contributed by atoms with Crippen molar-refractivity contribution in [2.24, 2.45) is 11.7 Å². The fourth-order valence-electron chi connectivity index (χ4n) is 1.24. The van der Waals surface area contributed by atoms with Crippen molar-refractivity contribution in [3.8, 4) is 0 Å². The fraction of sp³-hybridized carbons (Fsp3) is 0.875. The molecule has 0 aromatic carbocycles. The van der Waals surface area contributed by atoms with E-state index in [1.54, 1.807) is 0 Å². The van der Waals surface area contributed by atoms with Crippen LogP contribution in [0.25, 0.3) is 0 Å². The summed E-state index contributed by atoms with van der Waals surface area (Å²) in [6.07, 6.45) is 0.307. The van der Waals surface area contributed by atoms with Crippen molar-refractivity contribution in [3.63, 3.8) is 0 Å². The van der Waals surface area contributed by atoms with Crippen LogP contribution in [-0.2, 0) is 4.79 Å². The molecule has 0 radical (unpaired) electrons. The van der Waals surface area contributed by atoms with Crippen molar-refractivity contribution in [2.75, 3.05) is 0 Å². The van der Waals surface area contributed by atoms with Crippen LogP contribution in [0, 0.1) is 5.92 Å². The molecule has 1 aliphatic carbocycles. The van der Waals surface area contributed by atoms with Gasteiger partial charge in [0.05, 0.1) is 12.5 Å². The minimum absolute atomic E-state index is 0.108. The van der Waals surface area contributed by atoms with Crippen molar-refractivity contribution in [1.82, 2.24) is 0 Å². The molecule has 3 nitrogen and oxygen atoms in total. The second kappa shape index (κ2) is 3.57. The van der Waals surface area contributed by atoms with E-state index in [0.717, 1.165) is 12.8 Å². The van der Waals surface area contributed by atoms with Crippen molar-refractivity contribution in [1.29, 1.82) is 0 Å². The number of halogens is 2. The van der Waals surface area contributed by atoms with Gasteiger partial charge in [0, 0.05) is 6.42 Å². The third-order valence-electron chi connectivity index (χ3n) is 2.29. The normalized spacial score (nSPS) is 19.9. The maximum absolute atomic E-state index is 13.1. The van der Waals surface area contributed by atoms with Crippen LogP contribution in [0.5, 0.6) is 0 Å². The second-order valence-corrected chi connectivity index (χ2v) is 3.52. The van der Waals surface area contributed by atoms with Gasteiger partial charge in [0.2, 0.25) is 0 Å². The highest BCUT2D eigenvalue weighted by atomic mass is 19.3. The lowest BCUT2D eigenvalue weighted by Gasteiger charge is -2.22. The van der Waals surface area contributed by atoms with Gasteiger partial charge < -0.3 is 10.8 Å². The van der Waals surface area contributed by atoms with Gasteiger partial charge in [-0.2, -0.15) is 0 Å². The lowest BCUT2D eigenvalue weighted by molar-refractivity contribution is -0.139.